The van der Waals surface area contributed by atoms with Gasteiger partial charge in [0, 0.05) is 11.3 Å². The average molecular weight is 255 g/mol. The van der Waals surface area contributed by atoms with E-state index in [0.29, 0.717) is 11.3 Å². The maximum atomic E-state index is 11.9. The minimum absolute atomic E-state index is 0.101. The van der Waals surface area contributed by atoms with E-state index in [1.807, 2.05) is 29.3 Å². The van der Waals surface area contributed by atoms with Crippen molar-refractivity contribution in [1.29, 1.82) is 0 Å². The van der Waals surface area contributed by atoms with Crippen LogP contribution in [0.5, 0.6) is 0 Å². The molecule has 1 aliphatic carbocycles. The minimum atomic E-state index is 0.101. The van der Waals surface area contributed by atoms with Gasteiger partial charge in [-0.15, -0.1) is 11.3 Å². The van der Waals surface area contributed by atoms with Gasteiger partial charge < -0.3 is 5.32 Å². The van der Waals surface area contributed by atoms with Crippen LogP contribution < -0.4 is 5.32 Å². The Labute approximate surface area is 105 Å². The Morgan fingerprint density at radius 2 is 2.50 bits per heavy atom. The SMILES string of the molecule is CCS[C@@H]1CCC[C@H]1NC(=O)c1cccs1. The van der Waals surface area contributed by atoms with Gasteiger partial charge in [0.1, 0.15) is 0 Å². The predicted molar refractivity (Wildman–Crippen MR) is 71.3 cm³/mol. The zero-order valence-electron chi connectivity index (χ0n) is 9.44. The molecule has 1 N–H and O–H groups in total. The Kier molecular flexibility index (Phi) is 4.29. The first-order valence-electron chi connectivity index (χ1n) is 5.77. The molecule has 1 amide bonds. The van der Waals surface area contributed by atoms with Crippen LogP contribution in [0.1, 0.15) is 35.9 Å². The lowest BCUT2D eigenvalue weighted by molar-refractivity contribution is 0.0943. The van der Waals surface area contributed by atoms with Crippen LogP contribution in [-0.2, 0) is 0 Å². The van der Waals surface area contributed by atoms with Gasteiger partial charge in [0.25, 0.3) is 5.91 Å². The van der Waals surface area contributed by atoms with Crippen molar-refractivity contribution in [1.82, 2.24) is 5.32 Å². The molecule has 1 aliphatic rings. The first-order chi connectivity index (χ1) is 7.81. The summed E-state index contributed by atoms with van der Waals surface area (Å²) in [4.78, 5) is 12.7. The lowest BCUT2D eigenvalue weighted by Gasteiger charge is -2.19. The summed E-state index contributed by atoms with van der Waals surface area (Å²) in [6, 6.07) is 4.18. The largest absolute Gasteiger partial charge is 0.347 e. The van der Waals surface area contributed by atoms with Crippen LogP contribution in [0.4, 0.5) is 0 Å². The molecular formula is C12H17NOS2. The van der Waals surface area contributed by atoms with Crippen molar-refractivity contribution in [2.75, 3.05) is 5.75 Å². The first kappa shape index (κ1) is 12.0. The molecule has 88 valence electrons. The lowest BCUT2D eigenvalue weighted by atomic mass is 10.2. The summed E-state index contributed by atoms with van der Waals surface area (Å²) in [7, 11) is 0. The van der Waals surface area contributed by atoms with Crippen LogP contribution in [0.3, 0.4) is 0 Å². The summed E-state index contributed by atoms with van der Waals surface area (Å²) in [6.07, 6.45) is 3.62. The molecule has 16 heavy (non-hydrogen) atoms. The zero-order valence-corrected chi connectivity index (χ0v) is 11.1. The number of hydrogen-bond acceptors (Lipinski definition) is 3. The van der Waals surface area contributed by atoms with Gasteiger partial charge in [-0.2, -0.15) is 11.8 Å². The average Bonchev–Trinajstić information content (AvgIpc) is 2.90. The Bertz CT molecular complexity index is 337. The molecule has 2 atom stereocenters. The van der Waals surface area contributed by atoms with Crippen molar-refractivity contribution in [3.8, 4) is 0 Å². The van der Waals surface area contributed by atoms with Crippen molar-refractivity contribution >= 4 is 29.0 Å². The second kappa shape index (κ2) is 5.73. The van der Waals surface area contributed by atoms with Crippen molar-refractivity contribution in [2.24, 2.45) is 0 Å². The first-order valence-corrected chi connectivity index (χ1v) is 7.70. The molecule has 0 aromatic carbocycles. The number of carbonyl (C=O) groups is 1. The molecule has 0 bridgehead atoms. The second-order valence-corrected chi connectivity index (χ2v) is 6.45. The normalized spacial score (nSPS) is 24.6. The van der Waals surface area contributed by atoms with E-state index in [0.717, 1.165) is 17.1 Å². The molecule has 0 saturated heterocycles. The summed E-state index contributed by atoms with van der Waals surface area (Å²) in [5.41, 5.74) is 0. The van der Waals surface area contributed by atoms with E-state index in [-0.39, 0.29) is 5.91 Å². The Morgan fingerprint density at radius 1 is 1.62 bits per heavy atom. The monoisotopic (exact) mass is 255 g/mol. The van der Waals surface area contributed by atoms with Gasteiger partial charge in [-0.1, -0.05) is 19.4 Å². The van der Waals surface area contributed by atoms with Gasteiger partial charge >= 0.3 is 0 Å². The molecule has 0 unspecified atom stereocenters. The van der Waals surface area contributed by atoms with Gasteiger partial charge in [0.05, 0.1) is 4.88 Å². The molecular weight excluding hydrogens is 238 g/mol. The standard InChI is InChI=1S/C12H17NOS2/c1-2-15-10-6-3-5-9(10)13-12(14)11-7-4-8-16-11/h4,7-10H,2-3,5-6H2,1H3,(H,13,14)/t9-,10-/m1/s1. The second-order valence-electron chi connectivity index (χ2n) is 3.98. The summed E-state index contributed by atoms with van der Waals surface area (Å²) >= 11 is 3.49. The Hall–Kier alpha value is -0.480. The highest BCUT2D eigenvalue weighted by Crippen LogP contribution is 2.30. The molecule has 0 spiro atoms. The van der Waals surface area contributed by atoms with E-state index in [9.17, 15) is 4.79 Å². The summed E-state index contributed by atoms with van der Waals surface area (Å²) in [5.74, 6) is 1.24. The number of hydrogen-bond donors (Lipinski definition) is 1. The third-order valence-corrected chi connectivity index (χ3v) is 5.09. The molecule has 1 heterocycles. The fourth-order valence-electron chi connectivity index (χ4n) is 2.15. The topological polar surface area (TPSA) is 29.1 Å². The van der Waals surface area contributed by atoms with Crippen LogP contribution in [0.15, 0.2) is 17.5 Å². The van der Waals surface area contributed by atoms with Gasteiger partial charge in [0.2, 0.25) is 0 Å². The van der Waals surface area contributed by atoms with Crippen LogP contribution in [0, 0.1) is 0 Å². The van der Waals surface area contributed by atoms with E-state index in [1.165, 1.54) is 24.2 Å². The van der Waals surface area contributed by atoms with Gasteiger partial charge in [-0.25, -0.2) is 0 Å². The fourth-order valence-corrected chi connectivity index (χ4v) is 3.98. The van der Waals surface area contributed by atoms with Crippen molar-refractivity contribution in [3.63, 3.8) is 0 Å². The minimum Gasteiger partial charge on any atom is -0.347 e. The third-order valence-electron chi connectivity index (χ3n) is 2.89. The van der Waals surface area contributed by atoms with Crippen LogP contribution in [0.25, 0.3) is 0 Å². The number of thiophene rings is 1. The van der Waals surface area contributed by atoms with Gasteiger partial charge in [-0.05, 0) is 30.0 Å². The molecule has 1 saturated carbocycles. The molecule has 1 aromatic rings. The number of thioether (sulfide) groups is 1. The highest BCUT2D eigenvalue weighted by atomic mass is 32.2. The number of carbonyl (C=O) groups excluding carboxylic acids is 1. The van der Waals surface area contributed by atoms with Gasteiger partial charge in [0.15, 0.2) is 0 Å². The fraction of sp³-hybridized carbons (Fsp3) is 0.583. The zero-order chi connectivity index (χ0) is 11.4. The Morgan fingerprint density at radius 3 is 3.19 bits per heavy atom. The van der Waals surface area contributed by atoms with Crippen molar-refractivity contribution in [3.05, 3.63) is 22.4 Å². The Balaban J connectivity index is 1.91. The van der Waals surface area contributed by atoms with E-state index in [1.54, 1.807) is 0 Å². The maximum Gasteiger partial charge on any atom is 0.261 e. The lowest BCUT2D eigenvalue weighted by Crippen LogP contribution is -2.38. The highest BCUT2D eigenvalue weighted by Gasteiger charge is 2.28. The van der Waals surface area contributed by atoms with E-state index in [2.05, 4.69) is 12.2 Å². The number of rotatable bonds is 4. The van der Waals surface area contributed by atoms with E-state index < -0.39 is 0 Å². The molecule has 1 aromatic heterocycles. The predicted octanol–water partition coefficient (Wildman–Crippen LogP) is 3.15. The van der Waals surface area contributed by atoms with Gasteiger partial charge in [-0.3, -0.25) is 4.79 Å². The van der Waals surface area contributed by atoms with E-state index in [4.69, 9.17) is 0 Å². The third kappa shape index (κ3) is 2.80. The molecule has 0 radical (unpaired) electrons. The summed E-state index contributed by atoms with van der Waals surface area (Å²) < 4.78 is 0. The smallest absolute Gasteiger partial charge is 0.261 e. The van der Waals surface area contributed by atoms with Crippen LogP contribution in [-0.4, -0.2) is 23.0 Å². The molecule has 1 fully saturated rings. The molecule has 4 heteroatoms. The summed E-state index contributed by atoms with van der Waals surface area (Å²) in [5, 5.41) is 5.73. The number of amides is 1. The maximum absolute atomic E-state index is 11.9. The molecule has 2 nitrogen and oxygen atoms in total. The molecule has 2 rings (SSSR count). The number of nitrogens with one attached hydrogen (secondary N) is 1. The van der Waals surface area contributed by atoms with Crippen molar-refractivity contribution in [2.45, 2.75) is 37.5 Å². The van der Waals surface area contributed by atoms with Crippen LogP contribution >= 0.6 is 23.1 Å². The highest BCUT2D eigenvalue weighted by molar-refractivity contribution is 7.99. The van der Waals surface area contributed by atoms with E-state index >= 15 is 0 Å². The van der Waals surface area contributed by atoms with Crippen LogP contribution in [0.2, 0.25) is 0 Å². The van der Waals surface area contributed by atoms with Crippen molar-refractivity contribution < 1.29 is 4.79 Å². The summed E-state index contributed by atoms with van der Waals surface area (Å²) in [6.45, 7) is 2.18. The quantitative estimate of drug-likeness (QED) is 0.895. The molecule has 0 aliphatic heterocycles.